The van der Waals surface area contributed by atoms with Crippen LogP contribution in [-0.4, -0.2) is 15.0 Å². The number of para-hydroxylation sites is 1. The van der Waals surface area contributed by atoms with Crippen molar-refractivity contribution >= 4 is 43.9 Å². The van der Waals surface area contributed by atoms with Crippen molar-refractivity contribution in [2.75, 3.05) is 0 Å². The quantitative estimate of drug-likeness (QED) is 0.171. The second-order valence-electron chi connectivity index (χ2n) is 14.0. The monoisotopic (exact) mass is 717 g/mol. The Labute approximate surface area is 322 Å². The molecule has 0 bridgehead atoms. The summed E-state index contributed by atoms with van der Waals surface area (Å²) >= 11 is 0. The van der Waals surface area contributed by atoms with Crippen LogP contribution in [0.25, 0.3) is 111 Å². The summed E-state index contributed by atoms with van der Waals surface area (Å²) < 4.78 is 12.7. The first-order valence-corrected chi connectivity index (χ1v) is 18.7. The first-order valence-electron chi connectivity index (χ1n) is 18.7. The zero-order valence-corrected chi connectivity index (χ0v) is 30.1. The van der Waals surface area contributed by atoms with Crippen LogP contribution in [0.1, 0.15) is 0 Å². The first-order chi connectivity index (χ1) is 27.7. The topological polar surface area (TPSA) is 65.0 Å². The van der Waals surface area contributed by atoms with Crippen LogP contribution in [0.15, 0.2) is 197 Å². The van der Waals surface area contributed by atoms with Gasteiger partial charge in [-0.1, -0.05) is 146 Å². The molecule has 0 amide bonds. The summed E-state index contributed by atoms with van der Waals surface area (Å²) in [5.41, 5.74) is 13.0. The molecule has 0 spiro atoms. The van der Waals surface area contributed by atoms with E-state index in [4.69, 9.17) is 23.8 Å². The number of aromatic nitrogens is 3. The van der Waals surface area contributed by atoms with Gasteiger partial charge in [-0.05, 0) is 75.8 Å². The highest BCUT2D eigenvalue weighted by atomic mass is 16.3. The fourth-order valence-corrected chi connectivity index (χ4v) is 7.74. The maximum atomic E-state index is 6.45. The van der Waals surface area contributed by atoms with Crippen LogP contribution in [0.2, 0.25) is 0 Å². The first kappa shape index (κ1) is 31.9. The summed E-state index contributed by atoms with van der Waals surface area (Å²) in [6, 6.07) is 64.7. The van der Waals surface area contributed by atoms with Crippen molar-refractivity contribution in [3.05, 3.63) is 188 Å². The average Bonchev–Trinajstić information content (AvgIpc) is 3.85. The second-order valence-corrected chi connectivity index (χ2v) is 14.0. The predicted molar refractivity (Wildman–Crippen MR) is 227 cm³/mol. The number of fused-ring (bicyclic) bond motifs is 6. The van der Waals surface area contributed by atoms with Crippen molar-refractivity contribution in [3.63, 3.8) is 0 Å². The lowest BCUT2D eigenvalue weighted by atomic mass is 9.97. The van der Waals surface area contributed by atoms with Crippen LogP contribution in [0.5, 0.6) is 0 Å². The summed E-state index contributed by atoms with van der Waals surface area (Å²) in [7, 11) is 0. The molecule has 5 heteroatoms. The number of hydrogen-bond donors (Lipinski definition) is 0. The van der Waals surface area contributed by atoms with Gasteiger partial charge in [0.25, 0.3) is 0 Å². The van der Waals surface area contributed by atoms with E-state index < -0.39 is 0 Å². The zero-order valence-electron chi connectivity index (χ0n) is 30.1. The molecule has 0 unspecified atom stereocenters. The Bertz CT molecular complexity index is 3220. The van der Waals surface area contributed by atoms with Crippen molar-refractivity contribution in [1.82, 2.24) is 15.0 Å². The molecule has 0 N–H and O–H groups in total. The minimum atomic E-state index is 0.585. The molecule has 0 fully saturated rings. The summed E-state index contributed by atoms with van der Waals surface area (Å²) in [6.07, 6.45) is 0. The number of furan rings is 2. The van der Waals surface area contributed by atoms with Crippen LogP contribution in [0.3, 0.4) is 0 Å². The van der Waals surface area contributed by atoms with Gasteiger partial charge in [-0.25, -0.2) is 15.0 Å². The number of nitrogens with zero attached hydrogens (tertiary/aromatic N) is 3. The second kappa shape index (κ2) is 13.0. The number of hydrogen-bond acceptors (Lipinski definition) is 5. The van der Waals surface area contributed by atoms with Gasteiger partial charge in [0, 0.05) is 38.2 Å². The summed E-state index contributed by atoms with van der Waals surface area (Å²) in [6.45, 7) is 0. The normalized spacial score (nSPS) is 11.6. The molecule has 11 rings (SSSR count). The standard InChI is InChI=1S/C51H31N3O2/c1-3-10-32(11-4-1)33-18-20-34(21-19-33)35-22-24-36(25-23-35)38-26-28-40-43-30-39(27-29-45(43)56-47(40)31-38)50-52-49(37-12-5-2-6-13-37)53-51(54-50)42-15-9-17-46-48(42)41-14-7-8-16-44(41)55-46/h1-31H. The third-order valence-corrected chi connectivity index (χ3v) is 10.6. The van der Waals surface area contributed by atoms with E-state index in [0.29, 0.717) is 17.5 Å². The van der Waals surface area contributed by atoms with Crippen LogP contribution < -0.4 is 0 Å². The Morgan fingerprint density at radius 3 is 1.48 bits per heavy atom. The van der Waals surface area contributed by atoms with Crippen LogP contribution >= 0.6 is 0 Å². The molecular formula is C51H31N3O2. The largest absolute Gasteiger partial charge is 0.456 e. The lowest BCUT2D eigenvalue weighted by Gasteiger charge is -2.09. The van der Waals surface area contributed by atoms with Crippen molar-refractivity contribution in [3.8, 4) is 67.5 Å². The minimum Gasteiger partial charge on any atom is -0.456 e. The maximum Gasteiger partial charge on any atom is 0.164 e. The van der Waals surface area contributed by atoms with E-state index in [1.165, 1.54) is 22.3 Å². The molecule has 0 atom stereocenters. The Morgan fingerprint density at radius 1 is 0.268 bits per heavy atom. The maximum absolute atomic E-state index is 6.45. The van der Waals surface area contributed by atoms with E-state index in [1.807, 2.05) is 78.9 Å². The van der Waals surface area contributed by atoms with Crippen LogP contribution in [-0.2, 0) is 0 Å². The Kier molecular flexibility index (Phi) is 7.42. The molecule has 0 saturated carbocycles. The molecule has 3 heterocycles. The molecular weight excluding hydrogens is 687 g/mol. The van der Waals surface area contributed by atoms with Crippen LogP contribution in [0, 0.1) is 0 Å². The van der Waals surface area contributed by atoms with Gasteiger partial charge in [0.1, 0.15) is 22.3 Å². The van der Waals surface area contributed by atoms with Gasteiger partial charge in [0.2, 0.25) is 0 Å². The number of rotatable bonds is 6. The lowest BCUT2D eigenvalue weighted by Crippen LogP contribution is -2.00. The van der Waals surface area contributed by atoms with Crippen molar-refractivity contribution < 1.29 is 8.83 Å². The highest BCUT2D eigenvalue weighted by Gasteiger charge is 2.19. The van der Waals surface area contributed by atoms with Crippen LogP contribution in [0.4, 0.5) is 0 Å². The highest BCUT2D eigenvalue weighted by Crippen LogP contribution is 2.38. The third-order valence-electron chi connectivity index (χ3n) is 10.6. The van der Waals surface area contributed by atoms with Gasteiger partial charge in [0.15, 0.2) is 17.5 Å². The average molecular weight is 718 g/mol. The van der Waals surface area contributed by atoms with E-state index in [-0.39, 0.29) is 0 Å². The van der Waals surface area contributed by atoms with Crippen molar-refractivity contribution in [1.29, 1.82) is 0 Å². The van der Waals surface area contributed by atoms with Gasteiger partial charge in [-0.2, -0.15) is 0 Å². The molecule has 5 nitrogen and oxygen atoms in total. The van der Waals surface area contributed by atoms with Gasteiger partial charge in [-0.15, -0.1) is 0 Å². The molecule has 0 aliphatic carbocycles. The Balaban J connectivity index is 0.956. The van der Waals surface area contributed by atoms with Gasteiger partial charge in [0.05, 0.1) is 0 Å². The van der Waals surface area contributed by atoms with E-state index >= 15 is 0 Å². The highest BCUT2D eigenvalue weighted by molar-refractivity contribution is 6.12. The fraction of sp³-hybridized carbons (Fsp3) is 0. The minimum absolute atomic E-state index is 0.585. The van der Waals surface area contributed by atoms with Gasteiger partial charge < -0.3 is 8.83 Å². The van der Waals surface area contributed by atoms with Gasteiger partial charge in [-0.3, -0.25) is 0 Å². The summed E-state index contributed by atoms with van der Waals surface area (Å²) in [4.78, 5) is 15.2. The molecule has 3 aromatic heterocycles. The van der Waals surface area contributed by atoms with E-state index in [9.17, 15) is 0 Å². The van der Waals surface area contributed by atoms with E-state index in [1.54, 1.807) is 0 Å². The van der Waals surface area contributed by atoms with Gasteiger partial charge >= 0.3 is 0 Å². The predicted octanol–water partition coefficient (Wildman–Crippen LogP) is 13.7. The number of benzene rings is 8. The molecule has 0 aliphatic rings. The lowest BCUT2D eigenvalue weighted by molar-refractivity contribution is 0.668. The SMILES string of the molecule is c1ccc(-c2ccc(-c3ccc(-c4ccc5c(c4)oc4ccc(-c6nc(-c7ccccc7)nc(-c7cccc8oc9ccccc9c78)n6)cc45)cc3)cc2)cc1. The summed E-state index contributed by atoms with van der Waals surface area (Å²) in [5, 5.41) is 4.05. The molecule has 0 radical (unpaired) electrons. The molecule has 56 heavy (non-hydrogen) atoms. The fourth-order valence-electron chi connectivity index (χ4n) is 7.74. The molecule has 11 aromatic rings. The van der Waals surface area contributed by atoms with E-state index in [0.717, 1.165) is 71.7 Å². The molecule has 8 aromatic carbocycles. The smallest absolute Gasteiger partial charge is 0.164 e. The third kappa shape index (κ3) is 5.53. The van der Waals surface area contributed by atoms with Crippen molar-refractivity contribution in [2.24, 2.45) is 0 Å². The molecule has 262 valence electrons. The van der Waals surface area contributed by atoms with E-state index in [2.05, 4.69) is 109 Å². The zero-order chi connectivity index (χ0) is 37.0. The van der Waals surface area contributed by atoms with Crippen molar-refractivity contribution in [2.45, 2.75) is 0 Å². The summed E-state index contributed by atoms with van der Waals surface area (Å²) in [5.74, 6) is 1.77. The molecule has 0 saturated heterocycles. The Morgan fingerprint density at radius 2 is 0.768 bits per heavy atom. The molecule has 0 aliphatic heterocycles. The Hall–Kier alpha value is -7.63.